The second-order valence-electron chi connectivity index (χ2n) is 6.01. The second-order valence-corrected chi connectivity index (χ2v) is 6.01. The highest BCUT2D eigenvalue weighted by Crippen LogP contribution is 2.26. The van der Waals surface area contributed by atoms with Crippen molar-refractivity contribution in [2.24, 2.45) is 0 Å². The Kier molecular flexibility index (Phi) is 9.05. The average Bonchev–Trinajstić information content (AvgIpc) is 2.59. The van der Waals surface area contributed by atoms with Gasteiger partial charge >= 0.3 is 36.0 Å². The standard InChI is InChI=1S/C19H24O9/c1-10(2)14(21)25-18(26-15(22)11(3)4)19(9-20,27-16(23)12(5)6)28-17(24)13(7)8/h18,20H,1,3,5,7,9H2,2,4,6,8H3. The molecule has 0 radical (unpaired) electrons. The van der Waals surface area contributed by atoms with Gasteiger partial charge in [0.1, 0.15) is 6.61 Å². The molecular formula is C19H24O9. The number of hydrogen-bond donors (Lipinski definition) is 1. The lowest BCUT2D eigenvalue weighted by molar-refractivity contribution is -0.317. The summed E-state index contributed by atoms with van der Waals surface area (Å²) in [5.74, 6) is -7.12. The van der Waals surface area contributed by atoms with E-state index in [1.807, 2.05) is 0 Å². The maximum absolute atomic E-state index is 12.0. The molecule has 0 spiro atoms. The number of aliphatic hydroxyl groups excluding tert-OH is 1. The molecule has 0 aliphatic rings. The number of aliphatic hydroxyl groups is 1. The van der Waals surface area contributed by atoms with E-state index in [0.717, 1.165) is 0 Å². The second kappa shape index (κ2) is 10.2. The molecular weight excluding hydrogens is 372 g/mol. The number of hydrogen-bond acceptors (Lipinski definition) is 9. The van der Waals surface area contributed by atoms with Crippen LogP contribution in [-0.4, -0.2) is 47.7 Å². The van der Waals surface area contributed by atoms with E-state index in [9.17, 15) is 24.3 Å². The molecule has 1 N–H and O–H groups in total. The zero-order valence-corrected chi connectivity index (χ0v) is 16.3. The van der Waals surface area contributed by atoms with E-state index in [1.165, 1.54) is 27.7 Å². The highest BCUT2D eigenvalue weighted by Gasteiger charge is 2.52. The Morgan fingerprint density at radius 2 is 1.00 bits per heavy atom. The van der Waals surface area contributed by atoms with Crippen molar-refractivity contribution < 1.29 is 43.2 Å². The molecule has 0 saturated carbocycles. The van der Waals surface area contributed by atoms with Gasteiger partial charge in [-0.1, -0.05) is 26.3 Å². The third-order valence-corrected chi connectivity index (χ3v) is 2.93. The number of carbonyl (C=O) groups is 4. The van der Waals surface area contributed by atoms with E-state index >= 15 is 0 Å². The van der Waals surface area contributed by atoms with Crippen molar-refractivity contribution in [2.45, 2.75) is 39.8 Å². The predicted octanol–water partition coefficient (Wildman–Crippen LogP) is 1.48. The summed E-state index contributed by atoms with van der Waals surface area (Å²) in [6.07, 6.45) is -2.18. The Labute approximate surface area is 162 Å². The molecule has 9 nitrogen and oxygen atoms in total. The third-order valence-electron chi connectivity index (χ3n) is 2.93. The van der Waals surface area contributed by atoms with E-state index in [1.54, 1.807) is 0 Å². The maximum atomic E-state index is 12.0. The number of carbonyl (C=O) groups excluding carboxylic acids is 4. The number of rotatable bonds is 10. The Bertz CT molecular complexity index is 674. The van der Waals surface area contributed by atoms with Crippen LogP contribution in [0.4, 0.5) is 0 Å². The Hall–Kier alpha value is -3.20. The monoisotopic (exact) mass is 396 g/mol. The summed E-state index contributed by atoms with van der Waals surface area (Å²) in [5.41, 5.74) is -0.498. The Morgan fingerprint density at radius 1 is 0.714 bits per heavy atom. The van der Waals surface area contributed by atoms with E-state index in [-0.39, 0.29) is 22.3 Å². The summed E-state index contributed by atoms with van der Waals surface area (Å²) in [7, 11) is 0. The molecule has 0 bridgehead atoms. The lowest BCUT2D eigenvalue weighted by atomic mass is 10.2. The van der Waals surface area contributed by atoms with Crippen LogP contribution in [0.5, 0.6) is 0 Å². The van der Waals surface area contributed by atoms with Crippen LogP contribution in [-0.2, 0) is 38.1 Å². The van der Waals surface area contributed by atoms with E-state index in [4.69, 9.17) is 18.9 Å². The van der Waals surface area contributed by atoms with Gasteiger partial charge in [-0.2, -0.15) is 0 Å². The Morgan fingerprint density at radius 3 is 1.21 bits per heavy atom. The Balaban J connectivity index is 6.33. The zero-order chi connectivity index (χ0) is 22.2. The maximum Gasteiger partial charge on any atom is 0.355 e. The molecule has 0 aliphatic heterocycles. The summed E-state index contributed by atoms with van der Waals surface area (Å²) in [4.78, 5) is 48.0. The molecule has 0 saturated heterocycles. The van der Waals surface area contributed by atoms with Gasteiger partial charge in [-0.25, -0.2) is 19.2 Å². The number of ether oxygens (including phenoxy) is 4. The van der Waals surface area contributed by atoms with Crippen molar-refractivity contribution in [2.75, 3.05) is 6.61 Å². The van der Waals surface area contributed by atoms with Gasteiger partial charge in [0, 0.05) is 22.3 Å². The smallest absolute Gasteiger partial charge is 0.355 e. The van der Waals surface area contributed by atoms with Crippen molar-refractivity contribution in [3.8, 4) is 0 Å². The minimum atomic E-state index is -2.73. The lowest BCUT2D eigenvalue weighted by Crippen LogP contribution is -2.56. The van der Waals surface area contributed by atoms with Gasteiger partial charge in [-0.15, -0.1) is 0 Å². The normalized spacial score (nSPS) is 10.5. The van der Waals surface area contributed by atoms with Crippen molar-refractivity contribution in [3.05, 3.63) is 48.6 Å². The molecule has 0 fully saturated rings. The first-order valence-electron chi connectivity index (χ1n) is 7.89. The molecule has 0 amide bonds. The molecule has 0 aromatic heterocycles. The highest BCUT2D eigenvalue weighted by molar-refractivity contribution is 5.90. The van der Waals surface area contributed by atoms with Crippen LogP contribution in [0.15, 0.2) is 48.6 Å². The van der Waals surface area contributed by atoms with Crippen LogP contribution >= 0.6 is 0 Å². The van der Waals surface area contributed by atoms with Crippen molar-refractivity contribution in [3.63, 3.8) is 0 Å². The van der Waals surface area contributed by atoms with E-state index in [2.05, 4.69) is 26.3 Å². The fourth-order valence-electron chi connectivity index (χ4n) is 1.34. The fourth-order valence-corrected chi connectivity index (χ4v) is 1.34. The van der Waals surface area contributed by atoms with Gasteiger partial charge in [0.05, 0.1) is 0 Å². The molecule has 154 valence electrons. The SMILES string of the molecule is C=C(C)C(=O)OC(OC(=O)C(=C)C)C(CO)(OC(=O)C(=C)C)OC(=O)C(=C)C. The van der Waals surface area contributed by atoms with Gasteiger partial charge in [-0.3, -0.25) is 0 Å². The van der Waals surface area contributed by atoms with E-state index in [0.29, 0.717) is 0 Å². The highest BCUT2D eigenvalue weighted by atomic mass is 16.8. The molecule has 0 heterocycles. The summed E-state index contributed by atoms with van der Waals surface area (Å²) in [6.45, 7) is 17.4. The predicted molar refractivity (Wildman–Crippen MR) is 97.2 cm³/mol. The fraction of sp³-hybridized carbons (Fsp3) is 0.368. The van der Waals surface area contributed by atoms with Crippen LogP contribution in [0.25, 0.3) is 0 Å². The summed E-state index contributed by atoms with van der Waals surface area (Å²) in [5, 5.41) is 9.87. The third kappa shape index (κ3) is 6.84. The van der Waals surface area contributed by atoms with Crippen LogP contribution < -0.4 is 0 Å². The van der Waals surface area contributed by atoms with Gasteiger partial charge in [0.2, 0.25) is 0 Å². The van der Waals surface area contributed by atoms with Crippen LogP contribution in [0.2, 0.25) is 0 Å². The summed E-state index contributed by atoms with van der Waals surface area (Å²) >= 11 is 0. The summed E-state index contributed by atoms with van der Waals surface area (Å²) in [6, 6.07) is 0. The summed E-state index contributed by atoms with van der Waals surface area (Å²) < 4.78 is 19.9. The van der Waals surface area contributed by atoms with Crippen molar-refractivity contribution >= 4 is 23.9 Å². The first kappa shape index (κ1) is 24.8. The molecule has 0 unspecified atom stereocenters. The topological polar surface area (TPSA) is 125 Å². The van der Waals surface area contributed by atoms with Gasteiger partial charge in [0.15, 0.2) is 0 Å². The minimum absolute atomic E-state index is 0.110. The van der Waals surface area contributed by atoms with Gasteiger partial charge in [-0.05, 0) is 27.7 Å². The molecule has 28 heavy (non-hydrogen) atoms. The molecule has 0 atom stereocenters. The van der Waals surface area contributed by atoms with Gasteiger partial charge in [0.25, 0.3) is 0 Å². The average molecular weight is 396 g/mol. The molecule has 9 heteroatoms. The molecule has 0 aromatic carbocycles. The largest absolute Gasteiger partial charge is 0.413 e. The van der Waals surface area contributed by atoms with Crippen molar-refractivity contribution in [1.82, 2.24) is 0 Å². The first-order chi connectivity index (χ1) is 12.8. The van der Waals surface area contributed by atoms with Crippen LogP contribution in [0.1, 0.15) is 27.7 Å². The molecule has 0 rings (SSSR count). The molecule has 0 aromatic rings. The first-order valence-corrected chi connectivity index (χ1v) is 7.89. The lowest BCUT2D eigenvalue weighted by Gasteiger charge is -2.35. The minimum Gasteiger partial charge on any atom is -0.413 e. The van der Waals surface area contributed by atoms with E-state index < -0.39 is 42.6 Å². The van der Waals surface area contributed by atoms with Crippen LogP contribution in [0, 0.1) is 0 Å². The van der Waals surface area contributed by atoms with Crippen LogP contribution in [0.3, 0.4) is 0 Å². The zero-order valence-electron chi connectivity index (χ0n) is 16.3. The van der Waals surface area contributed by atoms with Gasteiger partial charge < -0.3 is 24.1 Å². The number of esters is 4. The quantitative estimate of drug-likeness (QED) is 0.332. The van der Waals surface area contributed by atoms with Crippen molar-refractivity contribution in [1.29, 1.82) is 0 Å². The molecule has 0 aliphatic carbocycles.